The van der Waals surface area contributed by atoms with Crippen LogP contribution in [0, 0.1) is 0 Å². The minimum absolute atomic E-state index is 0.247. The lowest BCUT2D eigenvalue weighted by atomic mass is 10.0. The third-order valence-corrected chi connectivity index (χ3v) is 4.34. The van der Waals surface area contributed by atoms with Crippen LogP contribution in [0.15, 0.2) is 42.5 Å². The van der Waals surface area contributed by atoms with Gasteiger partial charge in [0.1, 0.15) is 0 Å². The van der Waals surface area contributed by atoms with Gasteiger partial charge in [-0.2, -0.15) is 0 Å². The minimum atomic E-state index is -0.569. The standard InChI is InChI=1S/C20H25ClN2O3/c1-3-16(9-14-7-5-4-6-8-14)23-12-15-10-17(21)20(18(11-15)25-2)26-13-19(22)24/h4-8,10-11,16,23H,3,9,12-13H2,1-2H3,(H2,22,24). The molecule has 2 aromatic rings. The summed E-state index contributed by atoms with van der Waals surface area (Å²) in [6.07, 6.45) is 1.97. The van der Waals surface area contributed by atoms with Crippen molar-refractivity contribution >= 4 is 17.5 Å². The van der Waals surface area contributed by atoms with Crippen molar-refractivity contribution in [1.82, 2.24) is 5.32 Å². The number of carbonyl (C=O) groups is 1. The highest BCUT2D eigenvalue weighted by molar-refractivity contribution is 6.32. The van der Waals surface area contributed by atoms with Gasteiger partial charge in [0.15, 0.2) is 18.1 Å². The van der Waals surface area contributed by atoms with E-state index in [2.05, 4.69) is 36.5 Å². The maximum atomic E-state index is 10.9. The van der Waals surface area contributed by atoms with Crippen molar-refractivity contribution in [2.75, 3.05) is 13.7 Å². The number of ether oxygens (including phenoxy) is 2. The van der Waals surface area contributed by atoms with E-state index in [9.17, 15) is 4.79 Å². The van der Waals surface area contributed by atoms with Crippen molar-refractivity contribution in [3.63, 3.8) is 0 Å². The van der Waals surface area contributed by atoms with Crippen LogP contribution in [0.5, 0.6) is 11.5 Å². The van der Waals surface area contributed by atoms with Gasteiger partial charge in [0.05, 0.1) is 12.1 Å². The number of hydrogen-bond acceptors (Lipinski definition) is 4. The minimum Gasteiger partial charge on any atom is -0.493 e. The smallest absolute Gasteiger partial charge is 0.255 e. The van der Waals surface area contributed by atoms with Gasteiger partial charge >= 0.3 is 0 Å². The van der Waals surface area contributed by atoms with E-state index in [4.69, 9.17) is 26.8 Å². The molecule has 0 saturated carbocycles. The summed E-state index contributed by atoms with van der Waals surface area (Å²) in [4.78, 5) is 10.9. The number of methoxy groups -OCH3 is 1. The lowest BCUT2D eigenvalue weighted by Gasteiger charge is -2.18. The van der Waals surface area contributed by atoms with Crippen LogP contribution < -0.4 is 20.5 Å². The van der Waals surface area contributed by atoms with Crippen molar-refractivity contribution < 1.29 is 14.3 Å². The van der Waals surface area contributed by atoms with Gasteiger partial charge < -0.3 is 20.5 Å². The van der Waals surface area contributed by atoms with E-state index in [0.717, 1.165) is 18.4 Å². The second kappa shape index (κ2) is 10.0. The SMILES string of the molecule is CCC(Cc1ccccc1)NCc1cc(Cl)c(OCC(N)=O)c(OC)c1. The first-order chi connectivity index (χ1) is 12.5. The second-order valence-electron chi connectivity index (χ2n) is 6.04. The third-order valence-electron chi connectivity index (χ3n) is 4.06. The fourth-order valence-corrected chi connectivity index (χ4v) is 2.97. The molecule has 0 saturated heterocycles. The van der Waals surface area contributed by atoms with E-state index in [-0.39, 0.29) is 6.61 Å². The van der Waals surface area contributed by atoms with Crippen LogP contribution in [0.25, 0.3) is 0 Å². The molecule has 26 heavy (non-hydrogen) atoms. The molecule has 5 nitrogen and oxygen atoms in total. The average molecular weight is 377 g/mol. The van der Waals surface area contributed by atoms with Crippen molar-refractivity contribution in [3.05, 3.63) is 58.6 Å². The Morgan fingerprint density at radius 2 is 1.96 bits per heavy atom. The van der Waals surface area contributed by atoms with E-state index < -0.39 is 5.91 Å². The van der Waals surface area contributed by atoms with E-state index in [1.807, 2.05) is 18.2 Å². The van der Waals surface area contributed by atoms with Gasteiger partial charge in [-0.1, -0.05) is 48.9 Å². The van der Waals surface area contributed by atoms with Crippen LogP contribution in [0.3, 0.4) is 0 Å². The molecular weight excluding hydrogens is 352 g/mol. The van der Waals surface area contributed by atoms with E-state index in [0.29, 0.717) is 29.1 Å². The van der Waals surface area contributed by atoms with Crippen LogP contribution in [0.4, 0.5) is 0 Å². The first-order valence-corrected chi connectivity index (χ1v) is 8.96. The molecule has 6 heteroatoms. The van der Waals surface area contributed by atoms with Gasteiger partial charge in [-0.15, -0.1) is 0 Å². The lowest BCUT2D eigenvalue weighted by molar-refractivity contribution is -0.119. The topological polar surface area (TPSA) is 73.6 Å². The van der Waals surface area contributed by atoms with E-state index in [1.54, 1.807) is 0 Å². The number of benzene rings is 2. The molecule has 3 N–H and O–H groups in total. The molecular formula is C20H25ClN2O3. The van der Waals surface area contributed by atoms with Crippen LogP contribution in [-0.4, -0.2) is 25.7 Å². The zero-order chi connectivity index (χ0) is 18.9. The molecule has 1 atom stereocenters. The van der Waals surface area contributed by atoms with Crippen LogP contribution >= 0.6 is 11.6 Å². The number of halogens is 1. The summed E-state index contributed by atoms with van der Waals surface area (Å²) < 4.78 is 10.7. The zero-order valence-electron chi connectivity index (χ0n) is 15.1. The Labute approximate surface area is 159 Å². The van der Waals surface area contributed by atoms with Crippen LogP contribution in [-0.2, 0) is 17.8 Å². The molecule has 0 bridgehead atoms. The molecule has 2 rings (SSSR count). The predicted molar refractivity (Wildman–Crippen MR) is 104 cm³/mol. The third kappa shape index (κ3) is 5.93. The summed E-state index contributed by atoms with van der Waals surface area (Å²) in [6.45, 7) is 2.56. The zero-order valence-corrected chi connectivity index (χ0v) is 15.9. The fourth-order valence-electron chi connectivity index (χ4n) is 2.68. The maximum absolute atomic E-state index is 10.9. The predicted octanol–water partition coefficient (Wildman–Crippen LogP) is 3.32. The highest BCUT2D eigenvalue weighted by Crippen LogP contribution is 2.36. The van der Waals surface area contributed by atoms with Crippen molar-refractivity contribution in [3.8, 4) is 11.5 Å². The largest absolute Gasteiger partial charge is 0.493 e. The number of nitrogens with two attached hydrogens (primary N) is 1. The molecule has 0 aliphatic carbocycles. The summed E-state index contributed by atoms with van der Waals surface area (Å²) in [5.74, 6) is 0.236. The molecule has 0 spiro atoms. The lowest BCUT2D eigenvalue weighted by Crippen LogP contribution is -2.30. The Morgan fingerprint density at radius 3 is 2.58 bits per heavy atom. The van der Waals surface area contributed by atoms with E-state index in [1.165, 1.54) is 12.7 Å². The number of nitrogens with one attached hydrogen (secondary N) is 1. The quantitative estimate of drug-likeness (QED) is 0.667. The van der Waals surface area contributed by atoms with Crippen molar-refractivity contribution in [2.45, 2.75) is 32.4 Å². The normalized spacial score (nSPS) is 11.8. The Balaban J connectivity index is 2.03. The summed E-state index contributed by atoms with van der Waals surface area (Å²) in [7, 11) is 1.53. The molecule has 0 aromatic heterocycles. The number of rotatable bonds is 10. The Morgan fingerprint density at radius 1 is 1.23 bits per heavy atom. The van der Waals surface area contributed by atoms with Crippen molar-refractivity contribution in [2.24, 2.45) is 5.73 Å². The highest BCUT2D eigenvalue weighted by atomic mass is 35.5. The molecule has 1 amide bonds. The number of carbonyl (C=O) groups excluding carboxylic acids is 1. The summed E-state index contributed by atoms with van der Waals surface area (Å²) in [5, 5.41) is 3.94. The van der Waals surface area contributed by atoms with Crippen molar-refractivity contribution in [1.29, 1.82) is 0 Å². The van der Waals surface area contributed by atoms with Crippen LogP contribution in [0.1, 0.15) is 24.5 Å². The maximum Gasteiger partial charge on any atom is 0.255 e. The first-order valence-electron chi connectivity index (χ1n) is 8.58. The fraction of sp³-hybridized carbons (Fsp3) is 0.350. The summed E-state index contributed by atoms with van der Waals surface area (Å²) in [6, 6.07) is 14.4. The molecule has 0 heterocycles. The monoisotopic (exact) mass is 376 g/mol. The van der Waals surface area contributed by atoms with Gasteiger partial charge in [0.25, 0.3) is 5.91 Å². The molecule has 0 radical (unpaired) electrons. The van der Waals surface area contributed by atoms with Gasteiger partial charge in [0.2, 0.25) is 0 Å². The number of hydrogen-bond donors (Lipinski definition) is 2. The van der Waals surface area contributed by atoms with Gasteiger partial charge in [-0.05, 0) is 36.1 Å². The summed E-state index contributed by atoms with van der Waals surface area (Å²) >= 11 is 6.29. The molecule has 140 valence electrons. The van der Waals surface area contributed by atoms with Gasteiger partial charge in [-0.3, -0.25) is 4.79 Å². The molecule has 0 aliphatic rings. The molecule has 0 aliphatic heterocycles. The van der Waals surface area contributed by atoms with E-state index >= 15 is 0 Å². The first kappa shape index (κ1) is 20.1. The molecule has 2 aromatic carbocycles. The number of amides is 1. The second-order valence-corrected chi connectivity index (χ2v) is 6.45. The molecule has 1 unspecified atom stereocenters. The Kier molecular flexibility index (Phi) is 7.75. The Hall–Kier alpha value is -2.24. The highest BCUT2D eigenvalue weighted by Gasteiger charge is 2.14. The number of primary amides is 1. The van der Waals surface area contributed by atoms with Gasteiger partial charge in [-0.25, -0.2) is 0 Å². The molecule has 0 fully saturated rings. The Bertz CT molecular complexity index is 722. The van der Waals surface area contributed by atoms with Crippen LogP contribution in [0.2, 0.25) is 5.02 Å². The average Bonchev–Trinajstić information content (AvgIpc) is 2.64. The van der Waals surface area contributed by atoms with Gasteiger partial charge in [0, 0.05) is 12.6 Å². The summed E-state index contributed by atoms with van der Waals surface area (Å²) in [5.41, 5.74) is 7.39.